The van der Waals surface area contributed by atoms with Crippen LogP contribution in [0.1, 0.15) is 134 Å². The quantitative estimate of drug-likeness (QED) is 0.0973. The van der Waals surface area contributed by atoms with Gasteiger partial charge < -0.3 is 9.84 Å². The van der Waals surface area contributed by atoms with Gasteiger partial charge in [-0.3, -0.25) is 0 Å². The van der Waals surface area contributed by atoms with Crippen molar-refractivity contribution in [3.05, 3.63) is 214 Å². The molecule has 1 N–H and O–H groups in total. The molecule has 5 aromatic rings. The zero-order chi connectivity index (χ0) is 38.4. The van der Waals surface area contributed by atoms with Crippen LogP contribution in [0.5, 0.6) is 0 Å². The van der Waals surface area contributed by atoms with Gasteiger partial charge in [-0.05, 0) is 124 Å². The van der Waals surface area contributed by atoms with E-state index in [0.717, 1.165) is 49.0 Å². The number of hydrogen-bond donors (Lipinski definition) is 1. The third-order valence-corrected chi connectivity index (χ3v) is 11.8. The van der Waals surface area contributed by atoms with Crippen LogP contribution in [-0.2, 0) is 11.3 Å². The van der Waals surface area contributed by atoms with Crippen molar-refractivity contribution in [2.75, 3.05) is 6.61 Å². The maximum atomic E-state index is 9.51. The van der Waals surface area contributed by atoms with E-state index in [0.29, 0.717) is 42.1 Å². The molecule has 1 aliphatic carbocycles. The molecule has 1 aliphatic rings. The first kappa shape index (κ1) is 39.8. The van der Waals surface area contributed by atoms with Gasteiger partial charge in [0.2, 0.25) is 0 Å². The second-order valence-corrected chi connectivity index (χ2v) is 16.0. The fraction of sp³-hybridized carbons (Fsp3) is 0.321. The number of hydrogen-bond acceptors (Lipinski definition) is 2. The summed E-state index contributed by atoms with van der Waals surface area (Å²) in [5, 5.41) is 9.51. The number of aliphatic hydroxyl groups is 1. The van der Waals surface area contributed by atoms with Gasteiger partial charge in [0.05, 0.1) is 6.61 Å². The molecule has 2 nitrogen and oxygen atoms in total. The molecule has 5 aromatic carbocycles. The number of aliphatic hydroxyl groups excluding tert-OH is 1. The maximum absolute atomic E-state index is 9.51. The van der Waals surface area contributed by atoms with Gasteiger partial charge in [-0.25, -0.2) is 0 Å². The second kappa shape index (κ2) is 20.1. The predicted octanol–water partition coefficient (Wildman–Crippen LogP) is 13.9. The van der Waals surface area contributed by atoms with Crippen molar-refractivity contribution in [3.8, 4) is 0 Å². The van der Waals surface area contributed by atoms with Crippen molar-refractivity contribution in [2.45, 2.75) is 102 Å². The van der Waals surface area contributed by atoms with E-state index in [2.05, 4.69) is 173 Å². The van der Waals surface area contributed by atoms with Gasteiger partial charge in [0.1, 0.15) is 12.4 Å². The van der Waals surface area contributed by atoms with Crippen molar-refractivity contribution >= 4 is 0 Å². The Kier molecular flexibility index (Phi) is 14.6. The molecule has 0 aromatic heterocycles. The minimum absolute atomic E-state index is 0.0506. The number of ether oxygens (including phenoxy) is 1. The van der Waals surface area contributed by atoms with Crippen LogP contribution < -0.4 is 0 Å². The Morgan fingerprint density at radius 1 is 0.455 bits per heavy atom. The lowest BCUT2D eigenvalue weighted by Crippen LogP contribution is -2.12. The van der Waals surface area contributed by atoms with Crippen LogP contribution in [0.2, 0.25) is 0 Å². The van der Waals surface area contributed by atoms with E-state index in [4.69, 9.17) is 4.74 Å². The highest BCUT2D eigenvalue weighted by molar-refractivity contribution is 5.33. The van der Waals surface area contributed by atoms with E-state index in [1.54, 1.807) is 0 Å². The molecule has 0 amide bonds. The molecule has 0 fully saturated rings. The first-order valence-corrected chi connectivity index (χ1v) is 20.5. The number of allylic oxidation sites excluding steroid dienone is 3. The first-order chi connectivity index (χ1) is 26.9. The van der Waals surface area contributed by atoms with Gasteiger partial charge in [-0.1, -0.05) is 179 Å². The molecule has 284 valence electrons. The summed E-state index contributed by atoms with van der Waals surface area (Å²) in [5.41, 5.74) is 10.6. The number of benzene rings is 5. The third-order valence-electron chi connectivity index (χ3n) is 11.8. The van der Waals surface area contributed by atoms with E-state index < -0.39 is 0 Å². The van der Waals surface area contributed by atoms with Crippen molar-refractivity contribution < 1.29 is 9.84 Å². The molecule has 2 heteroatoms. The summed E-state index contributed by atoms with van der Waals surface area (Å²) >= 11 is 0. The van der Waals surface area contributed by atoms with Crippen LogP contribution in [-0.4, -0.2) is 11.7 Å². The summed E-state index contributed by atoms with van der Waals surface area (Å²) in [7, 11) is 0. The smallest absolute Gasteiger partial charge is 0.116 e. The molecule has 0 heterocycles. The van der Waals surface area contributed by atoms with Crippen molar-refractivity contribution in [3.63, 3.8) is 0 Å². The molecule has 0 spiro atoms. The summed E-state index contributed by atoms with van der Waals surface area (Å²) in [4.78, 5) is 0. The molecule has 6 rings (SSSR count). The fourth-order valence-corrected chi connectivity index (χ4v) is 8.38. The van der Waals surface area contributed by atoms with E-state index in [1.807, 2.05) is 18.2 Å². The van der Waals surface area contributed by atoms with Gasteiger partial charge in [0.25, 0.3) is 0 Å². The van der Waals surface area contributed by atoms with Crippen LogP contribution in [0.4, 0.5) is 0 Å². The van der Waals surface area contributed by atoms with Gasteiger partial charge in [-0.2, -0.15) is 0 Å². The van der Waals surface area contributed by atoms with Crippen LogP contribution >= 0.6 is 0 Å². The molecule has 55 heavy (non-hydrogen) atoms. The Morgan fingerprint density at radius 2 is 0.873 bits per heavy atom. The van der Waals surface area contributed by atoms with Gasteiger partial charge >= 0.3 is 0 Å². The SMILES string of the molecule is CC(CC(C)c1ccc(C(C)CC(CC(CC(C)c2ccccc2)c2ccc(COC3=CCC=C(CO)C=C3)cc2)c2ccccc2)cc1)c1ccccc1. The fourth-order valence-electron chi connectivity index (χ4n) is 8.38. The summed E-state index contributed by atoms with van der Waals surface area (Å²) in [5.74, 6) is 3.57. The molecule has 0 aliphatic heterocycles. The molecule has 0 bridgehead atoms. The van der Waals surface area contributed by atoms with Crippen LogP contribution in [0.3, 0.4) is 0 Å². The zero-order valence-electron chi connectivity index (χ0n) is 33.4. The van der Waals surface area contributed by atoms with Crippen LogP contribution in [0.25, 0.3) is 0 Å². The molecule has 0 saturated carbocycles. The maximum Gasteiger partial charge on any atom is 0.116 e. The number of rotatable bonds is 18. The largest absolute Gasteiger partial charge is 0.489 e. The Hall–Kier alpha value is -4.92. The molecule has 0 saturated heterocycles. The first-order valence-electron chi connectivity index (χ1n) is 20.5. The molecular formula is C53H60O2. The molecule has 6 atom stereocenters. The Morgan fingerprint density at radius 3 is 1.36 bits per heavy atom. The van der Waals surface area contributed by atoms with Crippen molar-refractivity contribution in [1.82, 2.24) is 0 Å². The monoisotopic (exact) mass is 728 g/mol. The molecule has 6 unspecified atom stereocenters. The van der Waals surface area contributed by atoms with E-state index in [1.165, 1.54) is 33.4 Å². The minimum Gasteiger partial charge on any atom is -0.489 e. The van der Waals surface area contributed by atoms with Gasteiger partial charge in [0.15, 0.2) is 0 Å². The minimum atomic E-state index is 0.0506. The highest BCUT2D eigenvalue weighted by Crippen LogP contribution is 2.41. The lowest BCUT2D eigenvalue weighted by molar-refractivity contribution is 0.210. The summed E-state index contributed by atoms with van der Waals surface area (Å²) in [6.45, 7) is 10.1. The van der Waals surface area contributed by atoms with Gasteiger partial charge in [0, 0.05) is 0 Å². The Bertz CT molecular complexity index is 1960. The van der Waals surface area contributed by atoms with Crippen molar-refractivity contribution in [2.24, 2.45) is 0 Å². The van der Waals surface area contributed by atoms with Crippen LogP contribution in [0, 0.1) is 0 Å². The summed E-state index contributed by atoms with van der Waals surface area (Å²) in [6, 6.07) is 51.9. The highest BCUT2D eigenvalue weighted by Gasteiger charge is 2.25. The third kappa shape index (κ3) is 11.5. The average Bonchev–Trinajstić information content (AvgIpc) is 3.48. The Labute approximate surface area is 331 Å². The summed E-state index contributed by atoms with van der Waals surface area (Å²) in [6.07, 6.45) is 13.2. The van der Waals surface area contributed by atoms with Gasteiger partial charge in [-0.15, -0.1) is 0 Å². The lowest BCUT2D eigenvalue weighted by Gasteiger charge is -2.29. The standard InChI is InChI=1S/C53H60O2/c1-39(45-16-8-5-9-17-45)33-40(2)47-28-30-48(31-29-47)42(4)35-51(49-20-12-7-13-21-49)36-52(34-41(3)46-18-10-6-11-19-46)50-26-23-44(24-27-50)38-55-53-22-14-15-43(37-54)25-32-53/h5-13,15-32,39-42,51-52,54H,14,33-38H2,1-4H3. The normalized spacial score (nSPS) is 16.2. The average molecular weight is 729 g/mol. The highest BCUT2D eigenvalue weighted by atomic mass is 16.5. The molecular weight excluding hydrogens is 669 g/mol. The summed E-state index contributed by atoms with van der Waals surface area (Å²) < 4.78 is 6.19. The topological polar surface area (TPSA) is 29.5 Å². The predicted molar refractivity (Wildman–Crippen MR) is 232 cm³/mol. The van der Waals surface area contributed by atoms with Crippen LogP contribution in [0.15, 0.2) is 175 Å². The second-order valence-electron chi connectivity index (χ2n) is 16.0. The molecule has 0 radical (unpaired) electrons. The van der Waals surface area contributed by atoms with Crippen molar-refractivity contribution in [1.29, 1.82) is 0 Å². The zero-order valence-corrected chi connectivity index (χ0v) is 33.4. The lowest BCUT2D eigenvalue weighted by atomic mass is 9.75. The van der Waals surface area contributed by atoms with E-state index in [9.17, 15) is 5.11 Å². The van der Waals surface area contributed by atoms with E-state index >= 15 is 0 Å². The van der Waals surface area contributed by atoms with E-state index in [-0.39, 0.29) is 6.61 Å². The Balaban J connectivity index is 1.18.